The van der Waals surface area contributed by atoms with Gasteiger partial charge >= 0.3 is 0 Å². The molecule has 1 amide bonds. The SMILES string of the molecule is CCOCCCNC(=O)COc1c(C)cccc1C. The maximum absolute atomic E-state index is 11.6. The van der Waals surface area contributed by atoms with E-state index in [-0.39, 0.29) is 12.5 Å². The lowest BCUT2D eigenvalue weighted by Crippen LogP contribution is -2.30. The van der Waals surface area contributed by atoms with E-state index in [1.165, 1.54) is 0 Å². The number of hydrogen-bond donors (Lipinski definition) is 1. The highest BCUT2D eigenvalue weighted by molar-refractivity contribution is 5.77. The molecule has 0 saturated heterocycles. The molecule has 4 nitrogen and oxygen atoms in total. The summed E-state index contributed by atoms with van der Waals surface area (Å²) >= 11 is 0. The van der Waals surface area contributed by atoms with Crippen molar-refractivity contribution >= 4 is 5.91 Å². The van der Waals surface area contributed by atoms with E-state index >= 15 is 0 Å². The third-order valence-electron chi connectivity index (χ3n) is 2.75. The van der Waals surface area contributed by atoms with Crippen LogP contribution in [-0.2, 0) is 9.53 Å². The Bertz CT molecular complexity index is 384. The van der Waals surface area contributed by atoms with Gasteiger partial charge in [0, 0.05) is 19.8 Å². The molecule has 0 atom stereocenters. The molecule has 0 spiro atoms. The summed E-state index contributed by atoms with van der Waals surface area (Å²) in [6, 6.07) is 5.93. The van der Waals surface area contributed by atoms with Crippen molar-refractivity contribution in [2.45, 2.75) is 27.2 Å². The number of amides is 1. The largest absolute Gasteiger partial charge is 0.483 e. The first kappa shape index (κ1) is 15.5. The zero-order valence-electron chi connectivity index (χ0n) is 12.0. The Kier molecular flexibility index (Phi) is 6.97. The summed E-state index contributed by atoms with van der Waals surface area (Å²) in [6.07, 6.45) is 0.822. The molecule has 0 aliphatic carbocycles. The Hall–Kier alpha value is -1.55. The van der Waals surface area contributed by atoms with Crippen LogP contribution in [0.5, 0.6) is 5.75 Å². The standard InChI is InChI=1S/C15H23NO3/c1-4-18-10-6-9-16-14(17)11-19-15-12(2)7-5-8-13(15)3/h5,7-8H,4,6,9-11H2,1-3H3,(H,16,17). The Balaban J connectivity index is 2.26. The average molecular weight is 265 g/mol. The van der Waals surface area contributed by atoms with E-state index in [9.17, 15) is 4.79 Å². The van der Waals surface area contributed by atoms with Crippen molar-refractivity contribution < 1.29 is 14.3 Å². The Morgan fingerprint density at radius 1 is 1.26 bits per heavy atom. The van der Waals surface area contributed by atoms with Crippen molar-refractivity contribution in [2.24, 2.45) is 0 Å². The number of ether oxygens (including phenoxy) is 2. The topological polar surface area (TPSA) is 47.6 Å². The fourth-order valence-electron chi connectivity index (χ4n) is 1.76. The number of nitrogens with one attached hydrogen (secondary N) is 1. The molecule has 0 aromatic heterocycles. The summed E-state index contributed by atoms with van der Waals surface area (Å²) in [5.74, 6) is 0.700. The molecule has 0 heterocycles. The predicted molar refractivity (Wildman–Crippen MR) is 75.5 cm³/mol. The second-order valence-electron chi connectivity index (χ2n) is 4.41. The predicted octanol–water partition coefficient (Wildman–Crippen LogP) is 2.23. The highest BCUT2D eigenvalue weighted by atomic mass is 16.5. The molecule has 1 aromatic rings. The normalized spacial score (nSPS) is 10.3. The molecule has 1 rings (SSSR count). The van der Waals surface area contributed by atoms with E-state index in [1.54, 1.807) is 0 Å². The minimum Gasteiger partial charge on any atom is -0.483 e. The second-order valence-corrected chi connectivity index (χ2v) is 4.41. The van der Waals surface area contributed by atoms with E-state index in [4.69, 9.17) is 9.47 Å². The fourth-order valence-corrected chi connectivity index (χ4v) is 1.76. The first-order valence-corrected chi connectivity index (χ1v) is 6.68. The molecule has 0 unspecified atom stereocenters. The minimum atomic E-state index is -0.0980. The van der Waals surface area contributed by atoms with Gasteiger partial charge < -0.3 is 14.8 Å². The first-order chi connectivity index (χ1) is 9.15. The Morgan fingerprint density at radius 2 is 1.95 bits per heavy atom. The maximum Gasteiger partial charge on any atom is 0.257 e. The van der Waals surface area contributed by atoms with Gasteiger partial charge in [-0.15, -0.1) is 0 Å². The molecule has 0 aliphatic rings. The number of carbonyl (C=O) groups is 1. The molecule has 0 fully saturated rings. The van der Waals surface area contributed by atoms with E-state index in [1.807, 2.05) is 39.0 Å². The van der Waals surface area contributed by atoms with Crippen molar-refractivity contribution in [3.63, 3.8) is 0 Å². The lowest BCUT2D eigenvalue weighted by molar-refractivity contribution is -0.123. The van der Waals surface area contributed by atoms with Crippen molar-refractivity contribution in [1.29, 1.82) is 0 Å². The average Bonchev–Trinajstić information content (AvgIpc) is 2.38. The number of hydrogen-bond acceptors (Lipinski definition) is 3. The molecule has 1 aromatic carbocycles. The van der Waals surface area contributed by atoms with Gasteiger partial charge in [-0.25, -0.2) is 0 Å². The van der Waals surface area contributed by atoms with Gasteiger partial charge in [-0.1, -0.05) is 18.2 Å². The molecule has 0 radical (unpaired) electrons. The van der Waals surface area contributed by atoms with Gasteiger partial charge in [0.15, 0.2) is 6.61 Å². The number of carbonyl (C=O) groups excluding carboxylic acids is 1. The van der Waals surface area contributed by atoms with Gasteiger partial charge in [-0.3, -0.25) is 4.79 Å². The molecule has 0 saturated carbocycles. The molecule has 0 aliphatic heterocycles. The van der Waals surface area contributed by atoms with Gasteiger partial charge in [0.2, 0.25) is 0 Å². The number of aryl methyl sites for hydroxylation is 2. The van der Waals surface area contributed by atoms with Crippen LogP contribution >= 0.6 is 0 Å². The molecular formula is C15H23NO3. The third-order valence-corrected chi connectivity index (χ3v) is 2.75. The summed E-state index contributed by atoms with van der Waals surface area (Å²) in [7, 11) is 0. The minimum absolute atomic E-state index is 0.0559. The smallest absolute Gasteiger partial charge is 0.257 e. The quantitative estimate of drug-likeness (QED) is 0.733. The van der Waals surface area contributed by atoms with Crippen molar-refractivity contribution in [2.75, 3.05) is 26.4 Å². The molecular weight excluding hydrogens is 242 g/mol. The van der Waals surface area contributed by atoms with Crippen LogP contribution in [0, 0.1) is 13.8 Å². The van der Waals surface area contributed by atoms with E-state index in [2.05, 4.69) is 5.32 Å². The lowest BCUT2D eigenvalue weighted by Gasteiger charge is -2.11. The molecule has 4 heteroatoms. The van der Waals surface area contributed by atoms with Crippen molar-refractivity contribution in [3.05, 3.63) is 29.3 Å². The van der Waals surface area contributed by atoms with Gasteiger partial charge in [0.05, 0.1) is 0 Å². The third kappa shape index (κ3) is 5.75. The highest BCUT2D eigenvalue weighted by Crippen LogP contribution is 2.21. The maximum atomic E-state index is 11.6. The molecule has 0 bridgehead atoms. The number of benzene rings is 1. The summed E-state index contributed by atoms with van der Waals surface area (Å²) in [5.41, 5.74) is 2.09. The van der Waals surface area contributed by atoms with Crippen LogP contribution in [0.2, 0.25) is 0 Å². The zero-order chi connectivity index (χ0) is 14.1. The Labute approximate surface area is 115 Å². The van der Waals surface area contributed by atoms with Crippen LogP contribution in [-0.4, -0.2) is 32.3 Å². The van der Waals surface area contributed by atoms with Crippen molar-refractivity contribution in [3.8, 4) is 5.75 Å². The van der Waals surface area contributed by atoms with Gasteiger partial charge in [0.1, 0.15) is 5.75 Å². The highest BCUT2D eigenvalue weighted by Gasteiger charge is 2.06. The van der Waals surface area contributed by atoms with Gasteiger partial charge in [-0.2, -0.15) is 0 Å². The Morgan fingerprint density at radius 3 is 2.58 bits per heavy atom. The van der Waals surface area contributed by atoms with Crippen LogP contribution in [0.1, 0.15) is 24.5 Å². The second kappa shape index (κ2) is 8.53. The van der Waals surface area contributed by atoms with E-state index in [0.717, 1.165) is 23.3 Å². The van der Waals surface area contributed by atoms with Crippen molar-refractivity contribution in [1.82, 2.24) is 5.32 Å². The fraction of sp³-hybridized carbons (Fsp3) is 0.533. The van der Waals surface area contributed by atoms with Crippen LogP contribution in [0.4, 0.5) is 0 Å². The summed E-state index contributed by atoms with van der Waals surface area (Å²) in [4.78, 5) is 11.6. The van der Waals surface area contributed by atoms with Gasteiger partial charge in [0.25, 0.3) is 5.91 Å². The van der Waals surface area contributed by atoms with E-state index in [0.29, 0.717) is 19.8 Å². The monoisotopic (exact) mass is 265 g/mol. The summed E-state index contributed by atoms with van der Waals surface area (Å²) < 4.78 is 10.8. The summed E-state index contributed by atoms with van der Waals surface area (Å²) in [5, 5.41) is 2.81. The first-order valence-electron chi connectivity index (χ1n) is 6.68. The van der Waals surface area contributed by atoms with Crippen LogP contribution in [0.3, 0.4) is 0 Å². The van der Waals surface area contributed by atoms with Crippen LogP contribution in [0.25, 0.3) is 0 Å². The number of rotatable bonds is 8. The van der Waals surface area contributed by atoms with E-state index < -0.39 is 0 Å². The van der Waals surface area contributed by atoms with Crippen LogP contribution in [0.15, 0.2) is 18.2 Å². The lowest BCUT2D eigenvalue weighted by atomic mass is 10.1. The molecule has 19 heavy (non-hydrogen) atoms. The zero-order valence-corrected chi connectivity index (χ0v) is 12.0. The van der Waals surface area contributed by atoms with Crippen LogP contribution < -0.4 is 10.1 Å². The summed E-state index contributed by atoms with van der Waals surface area (Å²) in [6.45, 7) is 7.97. The molecule has 106 valence electrons. The molecule has 1 N–H and O–H groups in total. The number of para-hydroxylation sites is 1. The van der Waals surface area contributed by atoms with Gasteiger partial charge in [-0.05, 0) is 38.3 Å².